The Balaban J connectivity index is 2.33. The van der Waals surface area contributed by atoms with Crippen LogP contribution >= 0.6 is 7.82 Å². The topological polar surface area (TPSA) is 192 Å². The van der Waals surface area contributed by atoms with Crippen LogP contribution in [0, 0.1) is 0 Å². The summed E-state index contributed by atoms with van der Waals surface area (Å²) in [6.45, 7) is 4.09. The summed E-state index contributed by atoms with van der Waals surface area (Å²) in [6, 6.07) is 0. The van der Waals surface area contributed by atoms with E-state index < -0.39 is 63.1 Å². The third-order valence-electron chi connectivity index (χ3n) is 11.9. The van der Waals surface area contributed by atoms with Gasteiger partial charge in [-0.3, -0.25) is 13.8 Å². The first-order valence-corrected chi connectivity index (χ1v) is 27.6. The number of ether oxygens (including phenoxy) is 2. The summed E-state index contributed by atoms with van der Waals surface area (Å²) in [5, 5.41) is 50.3. The van der Waals surface area contributed by atoms with Gasteiger partial charge in [-0.15, -0.1) is 0 Å². The number of aliphatic hydroxyl groups is 5. The molecule has 0 bridgehead atoms. The largest absolute Gasteiger partial charge is 0.472 e. The number of phosphoric ester groups is 1. The van der Waals surface area contributed by atoms with Gasteiger partial charge in [0.2, 0.25) is 0 Å². The van der Waals surface area contributed by atoms with Crippen LogP contribution in [0.25, 0.3) is 0 Å². The summed E-state index contributed by atoms with van der Waals surface area (Å²) in [5.41, 5.74) is 0. The molecule has 6 N–H and O–H groups in total. The zero-order valence-corrected chi connectivity index (χ0v) is 42.1. The first kappa shape index (κ1) is 62.1. The molecular weight excluding hydrogens is 860 g/mol. The van der Waals surface area contributed by atoms with Gasteiger partial charge in [-0.05, 0) is 77.0 Å². The Morgan fingerprint density at radius 2 is 0.894 bits per heavy atom. The smallest absolute Gasteiger partial charge is 0.457 e. The molecule has 1 saturated carbocycles. The zero-order chi connectivity index (χ0) is 48.4. The van der Waals surface area contributed by atoms with Crippen LogP contribution in [0.3, 0.4) is 0 Å². The molecule has 66 heavy (non-hydrogen) atoms. The van der Waals surface area contributed by atoms with Crippen molar-refractivity contribution in [2.75, 3.05) is 19.8 Å². The molecule has 12 nitrogen and oxygen atoms in total. The first-order valence-electron chi connectivity index (χ1n) is 26.1. The summed E-state index contributed by atoms with van der Waals surface area (Å²) in [5.74, 6) is -0.490. The Kier molecular flexibility index (Phi) is 40.5. The molecule has 0 aliphatic heterocycles. The van der Waals surface area contributed by atoms with Gasteiger partial charge in [0.15, 0.2) is 0 Å². The van der Waals surface area contributed by atoms with Gasteiger partial charge in [-0.25, -0.2) is 4.57 Å². The van der Waals surface area contributed by atoms with Crippen LogP contribution in [0.1, 0.15) is 206 Å². The van der Waals surface area contributed by atoms with E-state index >= 15 is 0 Å². The number of unbranched alkanes of at least 4 members (excludes halogenated alkanes) is 22. The number of carbonyl (C=O) groups is 1. The van der Waals surface area contributed by atoms with Crippen molar-refractivity contribution in [2.24, 2.45) is 0 Å². The minimum atomic E-state index is -5.03. The molecule has 0 radical (unpaired) electrons. The third-order valence-corrected chi connectivity index (χ3v) is 12.9. The van der Waals surface area contributed by atoms with Crippen LogP contribution in [0.5, 0.6) is 0 Å². The van der Waals surface area contributed by atoms with E-state index in [1.54, 1.807) is 0 Å². The van der Waals surface area contributed by atoms with Crippen molar-refractivity contribution in [3.05, 3.63) is 60.8 Å². The quantitative estimate of drug-likeness (QED) is 0.0147. The molecule has 0 saturated heterocycles. The van der Waals surface area contributed by atoms with Crippen LogP contribution in [0.15, 0.2) is 60.8 Å². The molecule has 1 rings (SSSR count). The van der Waals surface area contributed by atoms with Crippen LogP contribution in [-0.2, 0) is 27.9 Å². The van der Waals surface area contributed by atoms with Crippen molar-refractivity contribution in [3.63, 3.8) is 0 Å². The summed E-state index contributed by atoms with van der Waals surface area (Å²) in [7, 11) is -5.03. The molecule has 0 aromatic rings. The molecule has 1 fully saturated rings. The summed E-state index contributed by atoms with van der Waals surface area (Å²) in [6.07, 6.45) is 42.9. The fourth-order valence-corrected chi connectivity index (χ4v) is 8.73. The Bertz CT molecular complexity index is 1320. The van der Waals surface area contributed by atoms with Crippen molar-refractivity contribution in [1.29, 1.82) is 0 Å². The van der Waals surface area contributed by atoms with Gasteiger partial charge < -0.3 is 39.9 Å². The van der Waals surface area contributed by atoms with Crippen LogP contribution in [-0.4, -0.2) is 98.9 Å². The van der Waals surface area contributed by atoms with E-state index in [9.17, 15) is 39.8 Å². The van der Waals surface area contributed by atoms with E-state index in [4.69, 9.17) is 18.5 Å². The molecule has 1 aliphatic carbocycles. The number of rotatable bonds is 44. The van der Waals surface area contributed by atoms with E-state index in [2.05, 4.69) is 74.6 Å². The molecule has 1 aliphatic rings. The highest BCUT2D eigenvalue weighted by molar-refractivity contribution is 7.47. The lowest BCUT2D eigenvalue weighted by molar-refractivity contribution is -0.220. The third kappa shape index (κ3) is 34.3. The average molecular weight is 955 g/mol. The van der Waals surface area contributed by atoms with E-state index in [0.717, 1.165) is 70.6 Å². The fraction of sp³-hybridized carbons (Fsp3) is 0.792. The minimum Gasteiger partial charge on any atom is -0.457 e. The van der Waals surface area contributed by atoms with Crippen LogP contribution in [0.2, 0.25) is 0 Å². The number of allylic oxidation sites excluding steroid dienone is 10. The van der Waals surface area contributed by atoms with Gasteiger partial charge in [0.1, 0.15) is 42.7 Å². The van der Waals surface area contributed by atoms with Gasteiger partial charge in [0.05, 0.1) is 13.2 Å². The normalized spacial score (nSPS) is 21.9. The maximum Gasteiger partial charge on any atom is 0.472 e. The van der Waals surface area contributed by atoms with E-state index in [1.807, 2.05) is 0 Å². The maximum absolute atomic E-state index is 12.9. The number of hydrogen-bond acceptors (Lipinski definition) is 11. The Morgan fingerprint density at radius 1 is 0.500 bits per heavy atom. The number of hydrogen-bond donors (Lipinski definition) is 6. The van der Waals surface area contributed by atoms with Crippen LogP contribution in [0.4, 0.5) is 0 Å². The standard InChI is InChI=1S/C53H95O12P/c1-3-5-7-9-11-13-15-17-19-21-22-23-24-25-26-27-28-30-32-34-36-38-40-42-47(54)64-46(45-63-66(60,61)65-53-51(58)49(56)48(55)50(57)52(53)59)44-62-43-41-39-37-35-33-31-29-20-18-16-14-12-10-8-6-4-2/h6,8,12,14,18,20-22,31,33,46,48-53,55-59H,3-5,7,9-11,13,15-17,19,23-30,32,34-45H2,1-2H3,(H,60,61)/b8-6-,14-12-,20-18-,22-21-,33-31-. The zero-order valence-electron chi connectivity index (χ0n) is 41.2. The Labute approximate surface area is 400 Å². The summed E-state index contributed by atoms with van der Waals surface area (Å²) >= 11 is 0. The molecule has 0 amide bonds. The highest BCUT2D eigenvalue weighted by Gasteiger charge is 2.51. The molecule has 6 unspecified atom stereocenters. The highest BCUT2D eigenvalue weighted by Crippen LogP contribution is 2.47. The van der Waals surface area contributed by atoms with Gasteiger partial charge in [-0.1, -0.05) is 184 Å². The van der Waals surface area contributed by atoms with Crippen molar-refractivity contribution >= 4 is 13.8 Å². The molecular formula is C53H95O12P. The van der Waals surface area contributed by atoms with Crippen molar-refractivity contribution in [1.82, 2.24) is 0 Å². The fourth-order valence-electron chi connectivity index (χ4n) is 7.75. The summed E-state index contributed by atoms with van der Waals surface area (Å²) in [4.78, 5) is 23.2. The Hall–Kier alpha value is -1.96. The lowest BCUT2D eigenvalue weighted by Gasteiger charge is -2.41. The highest BCUT2D eigenvalue weighted by atomic mass is 31.2. The molecule has 384 valence electrons. The maximum atomic E-state index is 12.9. The van der Waals surface area contributed by atoms with E-state index in [1.165, 1.54) is 109 Å². The molecule has 0 aromatic heterocycles. The predicted octanol–water partition coefficient (Wildman–Crippen LogP) is 11.8. The van der Waals surface area contributed by atoms with Crippen molar-refractivity contribution in [3.8, 4) is 0 Å². The van der Waals surface area contributed by atoms with E-state index in [0.29, 0.717) is 13.0 Å². The molecule has 13 heteroatoms. The van der Waals surface area contributed by atoms with Gasteiger partial charge in [0.25, 0.3) is 0 Å². The number of esters is 1. The number of phosphoric acid groups is 1. The van der Waals surface area contributed by atoms with Gasteiger partial charge in [0, 0.05) is 13.0 Å². The van der Waals surface area contributed by atoms with E-state index in [-0.39, 0.29) is 13.0 Å². The second-order valence-corrected chi connectivity index (χ2v) is 19.4. The summed E-state index contributed by atoms with van der Waals surface area (Å²) < 4.78 is 34.2. The minimum absolute atomic E-state index is 0.0998. The second-order valence-electron chi connectivity index (χ2n) is 18.0. The second kappa shape index (κ2) is 43.1. The SMILES string of the molecule is CC/C=C\C/C=C\C/C=C\C/C=C\CCCCCOCC(COP(=O)(O)OC1C(O)C(O)C(O)C(O)C1O)OC(=O)CCCCCCCCCCCCC/C=C\CCCCCCCCCC. The predicted molar refractivity (Wildman–Crippen MR) is 267 cm³/mol. The van der Waals surface area contributed by atoms with Gasteiger partial charge >= 0.3 is 13.8 Å². The lowest BCUT2D eigenvalue weighted by atomic mass is 9.85. The first-order chi connectivity index (χ1) is 32.0. The molecule has 0 aromatic carbocycles. The van der Waals surface area contributed by atoms with Gasteiger partial charge in [-0.2, -0.15) is 0 Å². The van der Waals surface area contributed by atoms with Crippen molar-refractivity contribution < 1.29 is 58.3 Å². The number of carbonyl (C=O) groups excluding carboxylic acids is 1. The Morgan fingerprint density at radius 3 is 1.38 bits per heavy atom. The monoisotopic (exact) mass is 955 g/mol. The molecule has 6 atom stereocenters. The molecule has 0 spiro atoms. The number of aliphatic hydroxyl groups excluding tert-OH is 5. The average Bonchev–Trinajstić information content (AvgIpc) is 3.30. The molecule has 0 heterocycles. The van der Waals surface area contributed by atoms with Crippen LogP contribution < -0.4 is 0 Å². The van der Waals surface area contributed by atoms with Crippen molar-refractivity contribution in [2.45, 2.75) is 249 Å². The lowest BCUT2D eigenvalue weighted by Crippen LogP contribution is -2.64.